The number of thiazole rings is 1. The lowest BCUT2D eigenvalue weighted by molar-refractivity contribution is 0.171. The molecule has 8 rings (SSSR count). The van der Waals surface area contributed by atoms with Crippen molar-refractivity contribution in [2.24, 2.45) is 0 Å². The van der Waals surface area contributed by atoms with Crippen LogP contribution in [0.25, 0.3) is 50.5 Å². The Labute approximate surface area is 236 Å². The van der Waals surface area contributed by atoms with E-state index in [4.69, 9.17) is 19.0 Å². The Morgan fingerprint density at radius 1 is 0.927 bits per heavy atom. The minimum Gasteiger partial charge on any atom is -0.486 e. The number of benzene rings is 3. The van der Waals surface area contributed by atoms with Crippen molar-refractivity contribution >= 4 is 33.3 Å². The van der Waals surface area contributed by atoms with Gasteiger partial charge in [0.2, 0.25) is 10.8 Å². The molecule has 41 heavy (non-hydrogen) atoms. The Bertz CT molecular complexity index is 2210. The molecule has 3 aromatic carbocycles. The van der Waals surface area contributed by atoms with Crippen LogP contribution in [-0.2, 0) is 0 Å². The first-order valence-corrected chi connectivity index (χ1v) is 13.9. The van der Waals surface area contributed by atoms with Crippen molar-refractivity contribution in [3.63, 3.8) is 0 Å². The number of hydrogen-bond donors (Lipinski definition) is 0. The van der Waals surface area contributed by atoms with Gasteiger partial charge in [-0.05, 0) is 49.4 Å². The summed E-state index contributed by atoms with van der Waals surface area (Å²) in [7, 11) is 0. The maximum absolute atomic E-state index is 13.5. The van der Waals surface area contributed by atoms with Gasteiger partial charge in [-0.25, -0.2) is 4.68 Å². The number of rotatable bonds is 4. The lowest BCUT2D eigenvalue weighted by Crippen LogP contribution is -2.23. The van der Waals surface area contributed by atoms with Gasteiger partial charge in [0.15, 0.2) is 17.3 Å². The van der Waals surface area contributed by atoms with Gasteiger partial charge in [-0.1, -0.05) is 47.7 Å². The topological polar surface area (TPSA) is 96.7 Å². The van der Waals surface area contributed by atoms with Gasteiger partial charge >= 0.3 is 0 Å². The molecule has 0 atom stereocenters. The fourth-order valence-electron chi connectivity index (χ4n) is 5.08. The molecule has 0 saturated carbocycles. The van der Waals surface area contributed by atoms with E-state index in [-0.39, 0.29) is 5.56 Å². The van der Waals surface area contributed by atoms with Crippen molar-refractivity contribution in [2.45, 2.75) is 6.92 Å². The molecular formula is C31H21N5O4S. The summed E-state index contributed by atoms with van der Waals surface area (Å²) >= 11 is 1.28. The molecule has 4 aromatic heterocycles. The number of aromatic nitrogens is 5. The molecule has 0 unspecified atom stereocenters. The number of aryl methyl sites for hydroxylation is 1. The summed E-state index contributed by atoms with van der Waals surface area (Å²) in [6, 6.07) is 23.4. The molecule has 10 heteroatoms. The molecule has 1 aliphatic heterocycles. The van der Waals surface area contributed by atoms with Crippen LogP contribution in [0.15, 0.2) is 88.2 Å². The van der Waals surface area contributed by atoms with Crippen LogP contribution in [0.2, 0.25) is 0 Å². The van der Waals surface area contributed by atoms with Crippen molar-refractivity contribution in [2.75, 3.05) is 13.2 Å². The van der Waals surface area contributed by atoms with E-state index in [1.54, 1.807) is 0 Å². The van der Waals surface area contributed by atoms with Crippen LogP contribution in [0.3, 0.4) is 0 Å². The van der Waals surface area contributed by atoms with Crippen LogP contribution in [0.5, 0.6) is 11.5 Å². The normalized spacial score (nSPS) is 13.4. The molecule has 5 heterocycles. The molecule has 200 valence electrons. The number of hydrogen-bond acceptors (Lipinski definition) is 8. The van der Waals surface area contributed by atoms with Gasteiger partial charge in [0.05, 0.1) is 10.2 Å². The van der Waals surface area contributed by atoms with E-state index >= 15 is 0 Å². The lowest BCUT2D eigenvalue weighted by atomic mass is 10.1. The van der Waals surface area contributed by atoms with Crippen LogP contribution >= 0.6 is 11.3 Å². The van der Waals surface area contributed by atoms with E-state index in [1.165, 1.54) is 15.9 Å². The lowest BCUT2D eigenvalue weighted by Gasteiger charge is -2.18. The van der Waals surface area contributed by atoms with E-state index in [0.717, 1.165) is 33.3 Å². The highest BCUT2D eigenvalue weighted by Crippen LogP contribution is 2.36. The molecule has 9 nitrogen and oxygen atoms in total. The van der Waals surface area contributed by atoms with Gasteiger partial charge < -0.3 is 13.9 Å². The number of para-hydroxylation sites is 2. The summed E-state index contributed by atoms with van der Waals surface area (Å²) in [6.45, 7) is 2.98. The second-order valence-corrected chi connectivity index (χ2v) is 10.7. The minimum atomic E-state index is -0.252. The van der Waals surface area contributed by atoms with Crippen LogP contribution in [0.4, 0.5) is 0 Å². The first-order valence-electron chi connectivity index (χ1n) is 13.1. The van der Waals surface area contributed by atoms with Crippen LogP contribution in [0, 0.1) is 6.92 Å². The summed E-state index contributed by atoms with van der Waals surface area (Å²) in [5.41, 5.74) is 4.69. The number of nitrogens with zero attached hydrogens (tertiary/aromatic N) is 5. The molecule has 0 N–H and O–H groups in total. The number of ether oxygens (including phenoxy) is 2. The zero-order valence-corrected chi connectivity index (χ0v) is 22.6. The average molecular weight is 560 g/mol. The fourth-order valence-corrected chi connectivity index (χ4v) is 5.98. The quantitative estimate of drug-likeness (QED) is 0.298. The molecule has 0 radical (unpaired) electrons. The Hall–Kier alpha value is -5.22. The predicted molar refractivity (Wildman–Crippen MR) is 156 cm³/mol. The molecule has 0 fully saturated rings. The molecule has 0 amide bonds. The summed E-state index contributed by atoms with van der Waals surface area (Å²) in [5, 5.41) is 10.4. The largest absolute Gasteiger partial charge is 0.486 e. The number of furan rings is 1. The Morgan fingerprint density at radius 3 is 2.56 bits per heavy atom. The van der Waals surface area contributed by atoms with E-state index in [9.17, 15) is 4.79 Å². The van der Waals surface area contributed by atoms with Gasteiger partial charge in [0, 0.05) is 28.3 Å². The molecule has 0 bridgehead atoms. The number of fused-ring (bicyclic) bond motifs is 3. The Morgan fingerprint density at radius 2 is 1.73 bits per heavy atom. The standard InChI is InChI=1S/C31H21N5O4S/c1-18-22-9-5-6-10-23(22)40-28(18)29-32-31-36(34-29)30(37)26(41-31)16-20-17-35(21-7-3-2-4-8-21)33-27(20)19-11-12-24-25(15-19)39-14-13-38-24/h2-12,15-17H,13-14H2,1H3/b26-16-. The molecule has 7 aromatic rings. The molecule has 1 aliphatic rings. The molecule has 0 saturated heterocycles. The first kappa shape index (κ1) is 23.6. The van der Waals surface area contributed by atoms with E-state index in [1.807, 2.05) is 96.7 Å². The first-order chi connectivity index (χ1) is 20.1. The predicted octanol–water partition coefficient (Wildman–Crippen LogP) is 5.04. The highest BCUT2D eigenvalue weighted by Gasteiger charge is 2.20. The van der Waals surface area contributed by atoms with Crippen LogP contribution in [-0.4, -0.2) is 37.6 Å². The minimum absolute atomic E-state index is 0.252. The highest BCUT2D eigenvalue weighted by atomic mass is 32.1. The van der Waals surface area contributed by atoms with Crippen molar-refractivity contribution in [1.29, 1.82) is 0 Å². The average Bonchev–Trinajstić information content (AvgIpc) is 3.77. The molecule has 0 aliphatic carbocycles. The van der Waals surface area contributed by atoms with E-state index in [0.29, 0.717) is 51.5 Å². The molecular weight excluding hydrogens is 538 g/mol. The summed E-state index contributed by atoms with van der Waals surface area (Å²) in [6.07, 6.45) is 3.76. The third kappa shape index (κ3) is 3.91. The zero-order chi connectivity index (χ0) is 27.5. The third-order valence-corrected chi connectivity index (χ3v) is 8.05. The third-order valence-electron chi connectivity index (χ3n) is 7.09. The Balaban J connectivity index is 1.25. The maximum Gasteiger partial charge on any atom is 0.291 e. The van der Waals surface area contributed by atoms with Crippen LogP contribution < -0.4 is 19.6 Å². The zero-order valence-electron chi connectivity index (χ0n) is 21.8. The SMILES string of the molecule is Cc1c(-c2nc3s/c(=C\c4cn(-c5ccccc5)nc4-c4ccc5c(c4)OCCO5)c(=O)n3n2)oc2ccccc12. The second-order valence-electron chi connectivity index (χ2n) is 9.67. The van der Waals surface area contributed by atoms with E-state index in [2.05, 4.69) is 10.1 Å². The van der Waals surface area contributed by atoms with Gasteiger partial charge in [-0.15, -0.1) is 5.10 Å². The van der Waals surface area contributed by atoms with Crippen molar-refractivity contribution in [1.82, 2.24) is 24.4 Å². The van der Waals surface area contributed by atoms with Gasteiger partial charge in [-0.3, -0.25) is 4.79 Å². The monoisotopic (exact) mass is 559 g/mol. The molecule has 0 spiro atoms. The van der Waals surface area contributed by atoms with E-state index < -0.39 is 0 Å². The smallest absolute Gasteiger partial charge is 0.291 e. The summed E-state index contributed by atoms with van der Waals surface area (Å²) in [4.78, 5) is 18.6. The van der Waals surface area contributed by atoms with Crippen LogP contribution in [0.1, 0.15) is 11.1 Å². The second kappa shape index (κ2) is 9.17. The maximum atomic E-state index is 13.5. The van der Waals surface area contributed by atoms with Crippen molar-refractivity contribution in [3.05, 3.63) is 105 Å². The summed E-state index contributed by atoms with van der Waals surface area (Å²) < 4.78 is 21.2. The summed E-state index contributed by atoms with van der Waals surface area (Å²) in [5.74, 6) is 2.33. The highest BCUT2D eigenvalue weighted by molar-refractivity contribution is 7.15. The van der Waals surface area contributed by atoms with Gasteiger partial charge in [-0.2, -0.15) is 14.6 Å². The van der Waals surface area contributed by atoms with Crippen molar-refractivity contribution in [3.8, 4) is 40.0 Å². The Kier molecular flexibility index (Phi) is 5.29. The fraction of sp³-hybridized carbons (Fsp3) is 0.0968. The van der Waals surface area contributed by atoms with Crippen molar-refractivity contribution < 1.29 is 13.9 Å². The van der Waals surface area contributed by atoms with Gasteiger partial charge in [0.25, 0.3) is 5.56 Å². The van der Waals surface area contributed by atoms with Gasteiger partial charge in [0.1, 0.15) is 24.5 Å².